The van der Waals surface area contributed by atoms with Gasteiger partial charge in [0.25, 0.3) is 5.85 Å². The summed E-state index contributed by atoms with van der Waals surface area (Å²) in [5, 5.41) is 8.58. The molecule has 0 saturated carbocycles. The van der Waals surface area contributed by atoms with Crippen molar-refractivity contribution in [3.63, 3.8) is 0 Å². The van der Waals surface area contributed by atoms with E-state index in [1.54, 1.807) is 24.3 Å². The first-order valence-corrected chi connectivity index (χ1v) is 8.38. The van der Waals surface area contributed by atoms with Crippen LogP contribution in [-0.4, -0.2) is 24.3 Å². The molecule has 0 aliphatic rings. The van der Waals surface area contributed by atoms with E-state index < -0.39 is 11.8 Å². The predicted octanol–water partition coefficient (Wildman–Crippen LogP) is 3.33. The minimum atomic E-state index is -3.07. The normalized spacial score (nSPS) is 9.42. The molecule has 0 saturated heterocycles. The Kier molecular flexibility index (Phi) is 11.9. The molecule has 0 aromatic heterocycles. The van der Waals surface area contributed by atoms with Crippen molar-refractivity contribution in [3.8, 4) is 0 Å². The van der Waals surface area contributed by atoms with Crippen LogP contribution in [0.15, 0.2) is 43.0 Å². The van der Waals surface area contributed by atoms with Gasteiger partial charge in [-0.05, 0) is 34.6 Å². The highest BCUT2D eigenvalue weighted by molar-refractivity contribution is 8.13. The first-order chi connectivity index (χ1) is 8.41. The molecule has 0 atom stereocenters. The summed E-state index contributed by atoms with van der Waals surface area (Å²) >= 11 is 10.8. The molecule has 0 unspecified atom stereocenters. The molecule has 1 N–H and O–H groups in total. The van der Waals surface area contributed by atoms with E-state index in [1.807, 2.05) is 6.07 Å². The third-order valence-corrected chi connectivity index (χ3v) is 3.63. The number of halogens is 2. The Morgan fingerprint density at radius 3 is 2.21 bits per heavy atom. The first-order valence-electron chi connectivity index (χ1n) is 4.87. The predicted molar refractivity (Wildman–Crippen MR) is 80.4 cm³/mol. The second-order valence-corrected chi connectivity index (χ2v) is 7.71. The lowest BCUT2D eigenvalue weighted by Crippen LogP contribution is -2.04. The van der Waals surface area contributed by atoms with Crippen molar-refractivity contribution in [2.75, 3.05) is 13.2 Å². The number of hydrogen-bond acceptors (Lipinski definition) is 4. The number of benzene rings is 1. The van der Waals surface area contributed by atoms with Crippen LogP contribution in [-0.2, 0) is 14.1 Å². The number of ether oxygens (including phenoxy) is 1. The lowest BCUT2D eigenvalue weighted by Gasteiger charge is -1.98. The molecule has 1 rings (SSSR count). The van der Waals surface area contributed by atoms with Gasteiger partial charge in [0, 0.05) is 11.4 Å². The molecular formula is C12H17Cl2O4P. The monoisotopic (exact) mass is 326 g/mol. The van der Waals surface area contributed by atoms with Crippen molar-refractivity contribution in [1.29, 1.82) is 0 Å². The zero-order valence-electron chi connectivity index (χ0n) is 9.46. The highest BCUT2D eigenvalue weighted by atomic mass is 35.9. The van der Waals surface area contributed by atoms with Gasteiger partial charge in [0.1, 0.15) is 6.61 Å². The number of hydrogen-bond donors (Lipinski definition) is 1. The molecule has 0 aliphatic carbocycles. The Morgan fingerprint density at radius 2 is 1.89 bits per heavy atom. The summed E-state index contributed by atoms with van der Waals surface area (Å²) < 4.78 is 15.3. The number of esters is 1. The summed E-state index contributed by atoms with van der Waals surface area (Å²) in [6.45, 7) is 3.06. The lowest BCUT2D eigenvalue weighted by molar-refractivity contribution is -0.138. The van der Waals surface area contributed by atoms with Crippen molar-refractivity contribution >= 4 is 39.6 Å². The van der Waals surface area contributed by atoms with Crippen LogP contribution in [0, 0.1) is 0 Å². The Hall–Kier alpha value is -0.800. The molecule has 1 aromatic rings. The van der Waals surface area contributed by atoms with Crippen molar-refractivity contribution in [1.82, 2.24) is 0 Å². The summed E-state index contributed by atoms with van der Waals surface area (Å²) in [6.07, 6.45) is 1.05. The van der Waals surface area contributed by atoms with Crippen LogP contribution < -0.4 is 5.30 Å². The van der Waals surface area contributed by atoms with Gasteiger partial charge in [0.2, 0.25) is 0 Å². The largest absolute Gasteiger partial charge is 0.460 e. The molecule has 0 bridgehead atoms. The number of aliphatic hydroxyl groups is 1. The van der Waals surface area contributed by atoms with Crippen LogP contribution in [0.25, 0.3) is 0 Å². The van der Waals surface area contributed by atoms with Crippen LogP contribution in [0.5, 0.6) is 0 Å². The fourth-order valence-electron chi connectivity index (χ4n) is 0.807. The molecule has 0 heterocycles. The van der Waals surface area contributed by atoms with Crippen LogP contribution in [0.3, 0.4) is 0 Å². The maximum absolute atomic E-state index is 10.9. The van der Waals surface area contributed by atoms with Gasteiger partial charge < -0.3 is 9.84 Å². The number of carbonyl (C=O) groups is 1. The van der Waals surface area contributed by atoms with E-state index in [-0.39, 0.29) is 20.6 Å². The summed E-state index contributed by atoms with van der Waals surface area (Å²) in [5.41, 5.74) is 0. The molecule has 0 amide bonds. The second kappa shape index (κ2) is 11.1. The van der Waals surface area contributed by atoms with Crippen LogP contribution >= 0.6 is 28.3 Å². The van der Waals surface area contributed by atoms with E-state index in [0.717, 1.165) is 6.08 Å². The molecule has 0 radical (unpaired) electrons. The molecule has 0 spiro atoms. The third kappa shape index (κ3) is 10.8. The molecule has 4 nitrogen and oxygen atoms in total. The highest BCUT2D eigenvalue weighted by Gasteiger charge is 2.15. The average molecular weight is 327 g/mol. The maximum atomic E-state index is 10.9. The van der Waals surface area contributed by atoms with E-state index in [0.29, 0.717) is 5.30 Å². The maximum Gasteiger partial charge on any atom is 0.330 e. The number of aliphatic hydroxyl groups excluding tert-OH is 1. The highest BCUT2D eigenvalue weighted by Crippen LogP contribution is 2.54. The van der Waals surface area contributed by atoms with Crippen LogP contribution in [0.1, 0.15) is 7.43 Å². The average Bonchev–Trinajstić information content (AvgIpc) is 2.36. The van der Waals surface area contributed by atoms with Gasteiger partial charge in [0.05, 0.1) is 6.61 Å². The van der Waals surface area contributed by atoms with Crippen molar-refractivity contribution < 1.29 is 19.2 Å². The Balaban J connectivity index is 0. The van der Waals surface area contributed by atoms with Crippen LogP contribution in [0.2, 0.25) is 0 Å². The Bertz CT molecular complexity index is 417. The van der Waals surface area contributed by atoms with E-state index in [4.69, 9.17) is 27.6 Å². The minimum Gasteiger partial charge on any atom is -0.460 e. The molecule has 7 heteroatoms. The van der Waals surface area contributed by atoms with E-state index in [1.165, 1.54) is 0 Å². The molecule has 0 aliphatic heterocycles. The van der Waals surface area contributed by atoms with Gasteiger partial charge in [-0.2, -0.15) is 0 Å². The molecular weight excluding hydrogens is 310 g/mol. The summed E-state index contributed by atoms with van der Waals surface area (Å²) in [4.78, 5) is 10.1. The smallest absolute Gasteiger partial charge is 0.330 e. The molecule has 1 aromatic carbocycles. The summed E-state index contributed by atoms with van der Waals surface area (Å²) in [7, 11) is 0. The quantitative estimate of drug-likeness (QED) is 0.523. The van der Waals surface area contributed by atoms with Crippen molar-refractivity contribution in [2.24, 2.45) is 0 Å². The fourth-order valence-corrected chi connectivity index (χ4v) is 2.00. The van der Waals surface area contributed by atoms with E-state index in [9.17, 15) is 9.36 Å². The third-order valence-electron chi connectivity index (χ3n) is 1.56. The van der Waals surface area contributed by atoms with Crippen LogP contribution in [0.4, 0.5) is 0 Å². The zero-order valence-corrected chi connectivity index (χ0v) is 11.9. The number of carbonyl (C=O) groups excluding carboxylic acids is 1. The minimum absolute atomic E-state index is 0. The topological polar surface area (TPSA) is 63.6 Å². The van der Waals surface area contributed by atoms with Gasteiger partial charge in [-0.1, -0.05) is 32.2 Å². The van der Waals surface area contributed by atoms with Crippen molar-refractivity contribution in [3.05, 3.63) is 43.0 Å². The Morgan fingerprint density at radius 1 is 1.37 bits per heavy atom. The van der Waals surface area contributed by atoms with Gasteiger partial charge in [0.15, 0.2) is 0 Å². The van der Waals surface area contributed by atoms with E-state index >= 15 is 0 Å². The SMILES string of the molecule is C.C=CC(=O)OCCO.O=P(Cl)(Cl)c1ccccc1. The lowest BCUT2D eigenvalue weighted by atomic mass is 10.4. The van der Waals surface area contributed by atoms with Gasteiger partial charge in [-0.3, -0.25) is 4.57 Å². The van der Waals surface area contributed by atoms with Gasteiger partial charge in [-0.15, -0.1) is 0 Å². The van der Waals surface area contributed by atoms with E-state index in [2.05, 4.69) is 11.3 Å². The van der Waals surface area contributed by atoms with Gasteiger partial charge in [-0.25, -0.2) is 4.79 Å². The standard InChI is InChI=1S/C6H5Cl2OP.C5H8O3.CH4/c7-10(8,9)6-4-2-1-3-5-6;1-2-5(7)8-4-3-6;/h1-5H;2,6H,1,3-4H2;1H4. The van der Waals surface area contributed by atoms with Gasteiger partial charge >= 0.3 is 5.97 Å². The summed E-state index contributed by atoms with van der Waals surface area (Å²) in [5.74, 6) is -3.57. The molecule has 108 valence electrons. The fraction of sp³-hybridized carbons (Fsp3) is 0.250. The second-order valence-electron chi connectivity index (χ2n) is 2.89. The Labute approximate surface area is 122 Å². The zero-order chi connectivity index (χ0) is 14.0. The summed E-state index contributed by atoms with van der Waals surface area (Å²) in [6, 6.07) is 8.58. The number of rotatable bonds is 4. The van der Waals surface area contributed by atoms with Crippen molar-refractivity contribution in [2.45, 2.75) is 7.43 Å². The molecule has 19 heavy (non-hydrogen) atoms. The first kappa shape index (κ1) is 20.5. The molecule has 0 fully saturated rings.